The number of halogens is 1. The second-order valence-electron chi connectivity index (χ2n) is 3.84. The van der Waals surface area contributed by atoms with Crippen molar-refractivity contribution in [2.45, 2.75) is 6.92 Å². The third kappa shape index (κ3) is 2.74. The highest BCUT2D eigenvalue weighted by Gasteiger charge is 2.20. The van der Waals surface area contributed by atoms with E-state index in [-0.39, 0.29) is 22.3 Å². The molecular formula is C12H10ClN3O3. The number of nitrogen functional groups attached to an aromatic ring is 1. The zero-order valence-electron chi connectivity index (χ0n) is 9.96. The van der Waals surface area contributed by atoms with Gasteiger partial charge < -0.3 is 10.5 Å². The van der Waals surface area contributed by atoms with Crippen LogP contribution in [0, 0.1) is 17.0 Å². The van der Waals surface area contributed by atoms with Crippen molar-refractivity contribution >= 4 is 23.0 Å². The number of nitro groups is 1. The number of pyridine rings is 1. The lowest BCUT2D eigenvalue weighted by Crippen LogP contribution is -1.98. The monoisotopic (exact) mass is 279 g/mol. The number of para-hydroxylation sites is 1. The summed E-state index contributed by atoms with van der Waals surface area (Å²) < 4.78 is 5.45. The molecule has 0 radical (unpaired) electrons. The third-order valence-electron chi connectivity index (χ3n) is 2.39. The number of hydrogen-bond donors (Lipinski definition) is 1. The molecule has 0 aliphatic rings. The van der Waals surface area contributed by atoms with Gasteiger partial charge in [-0.25, -0.2) is 4.98 Å². The van der Waals surface area contributed by atoms with Gasteiger partial charge in [0.15, 0.2) is 0 Å². The first-order valence-corrected chi connectivity index (χ1v) is 5.69. The molecule has 2 N–H and O–H groups in total. The second-order valence-corrected chi connectivity index (χ2v) is 4.25. The molecule has 1 heterocycles. The normalized spacial score (nSPS) is 10.2. The van der Waals surface area contributed by atoms with Crippen LogP contribution in [0.2, 0.25) is 5.02 Å². The molecule has 7 heteroatoms. The molecular weight excluding hydrogens is 270 g/mol. The van der Waals surface area contributed by atoms with Gasteiger partial charge in [-0.2, -0.15) is 0 Å². The molecule has 0 aliphatic carbocycles. The van der Waals surface area contributed by atoms with E-state index >= 15 is 0 Å². The summed E-state index contributed by atoms with van der Waals surface area (Å²) in [6.45, 7) is 1.74. The van der Waals surface area contributed by atoms with Gasteiger partial charge in [-0.3, -0.25) is 10.1 Å². The van der Waals surface area contributed by atoms with E-state index in [2.05, 4.69) is 4.98 Å². The quantitative estimate of drug-likeness (QED) is 0.687. The van der Waals surface area contributed by atoms with Gasteiger partial charge in [0, 0.05) is 11.6 Å². The Balaban J connectivity index is 2.46. The molecule has 0 bridgehead atoms. The van der Waals surface area contributed by atoms with Crippen molar-refractivity contribution in [3.05, 3.63) is 51.2 Å². The number of nitro benzene ring substituents is 1. The molecule has 0 spiro atoms. The van der Waals surface area contributed by atoms with Crippen molar-refractivity contribution in [2.75, 3.05) is 5.73 Å². The fourth-order valence-electron chi connectivity index (χ4n) is 1.53. The first kappa shape index (κ1) is 13.1. The van der Waals surface area contributed by atoms with E-state index in [1.807, 2.05) is 0 Å². The van der Waals surface area contributed by atoms with Crippen molar-refractivity contribution in [2.24, 2.45) is 0 Å². The van der Waals surface area contributed by atoms with Gasteiger partial charge in [-0.15, -0.1) is 0 Å². The minimum Gasteiger partial charge on any atom is -0.430 e. The van der Waals surface area contributed by atoms with Crippen LogP contribution >= 0.6 is 11.6 Å². The van der Waals surface area contributed by atoms with Crippen LogP contribution in [0.3, 0.4) is 0 Å². The van der Waals surface area contributed by atoms with Crippen LogP contribution in [0.4, 0.5) is 11.4 Å². The Morgan fingerprint density at radius 1 is 1.47 bits per heavy atom. The molecule has 0 fully saturated rings. The number of aromatic nitrogens is 1. The molecule has 19 heavy (non-hydrogen) atoms. The van der Waals surface area contributed by atoms with Crippen LogP contribution in [-0.4, -0.2) is 9.91 Å². The highest BCUT2D eigenvalue weighted by atomic mass is 35.5. The average Bonchev–Trinajstić information content (AvgIpc) is 2.34. The lowest BCUT2D eigenvalue weighted by Gasteiger charge is -2.09. The molecule has 6 nitrogen and oxygen atoms in total. The number of rotatable bonds is 3. The number of nitrogens with zero attached hydrogens (tertiary/aromatic N) is 2. The van der Waals surface area contributed by atoms with Crippen LogP contribution in [0.5, 0.6) is 11.6 Å². The summed E-state index contributed by atoms with van der Waals surface area (Å²) in [5.41, 5.74) is 6.51. The molecule has 0 aliphatic heterocycles. The SMILES string of the molecule is Cc1cc(N)cnc1Oc1c(Cl)cccc1[N+](=O)[O-]. The minimum absolute atomic E-state index is 0.0328. The van der Waals surface area contributed by atoms with Crippen LogP contribution in [0.15, 0.2) is 30.5 Å². The third-order valence-corrected chi connectivity index (χ3v) is 2.69. The molecule has 0 saturated heterocycles. The van der Waals surface area contributed by atoms with Crippen LogP contribution < -0.4 is 10.5 Å². The van der Waals surface area contributed by atoms with Crippen molar-refractivity contribution in [3.63, 3.8) is 0 Å². The maximum atomic E-state index is 10.9. The first-order valence-electron chi connectivity index (χ1n) is 5.32. The smallest absolute Gasteiger partial charge is 0.313 e. The summed E-state index contributed by atoms with van der Waals surface area (Å²) in [4.78, 5) is 14.4. The Morgan fingerprint density at radius 3 is 2.84 bits per heavy atom. The maximum absolute atomic E-state index is 10.9. The highest BCUT2D eigenvalue weighted by Crippen LogP contribution is 2.38. The molecule has 98 valence electrons. The lowest BCUT2D eigenvalue weighted by molar-refractivity contribution is -0.385. The zero-order chi connectivity index (χ0) is 14.0. The Bertz CT molecular complexity index is 646. The van der Waals surface area contributed by atoms with E-state index in [9.17, 15) is 10.1 Å². The van der Waals surface area contributed by atoms with E-state index in [1.54, 1.807) is 13.0 Å². The Labute approximate surface area is 113 Å². The fraction of sp³-hybridized carbons (Fsp3) is 0.0833. The van der Waals surface area contributed by atoms with Gasteiger partial charge in [0.2, 0.25) is 11.6 Å². The van der Waals surface area contributed by atoms with E-state index in [0.29, 0.717) is 11.3 Å². The largest absolute Gasteiger partial charge is 0.430 e. The zero-order valence-corrected chi connectivity index (χ0v) is 10.7. The summed E-state index contributed by atoms with van der Waals surface area (Å²) in [7, 11) is 0. The average molecular weight is 280 g/mol. The summed E-state index contributed by atoms with van der Waals surface area (Å²) in [6.07, 6.45) is 1.41. The second kappa shape index (κ2) is 5.11. The van der Waals surface area contributed by atoms with Crippen LogP contribution in [-0.2, 0) is 0 Å². The van der Waals surface area contributed by atoms with Crippen molar-refractivity contribution in [3.8, 4) is 11.6 Å². The van der Waals surface area contributed by atoms with Crippen molar-refractivity contribution < 1.29 is 9.66 Å². The number of aryl methyl sites for hydroxylation is 1. The number of benzene rings is 1. The molecule has 2 aromatic rings. The topological polar surface area (TPSA) is 91.3 Å². The number of nitrogens with two attached hydrogens (primary N) is 1. The lowest BCUT2D eigenvalue weighted by atomic mass is 10.2. The first-order chi connectivity index (χ1) is 8.99. The van der Waals surface area contributed by atoms with Gasteiger partial charge in [-0.1, -0.05) is 17.7 Å². The van der Waals surface area contributed by atoms with Crippen molar-refractivity contribution in [1.29, 1.82) is 0 Å². The summed E-state index contributed by atoms with van der Waals surface area (Å²) >= 11 is 5.93. The van der Waals surface area contributed by atoms with E-state index < -0.39 is 4.92 Å². The molecule has 0 saturated carbocycles. The van der Waals surface area contributed by atoms with E-state index in [4.69, 9.17) is 22.1 Å². The number of ether oxygens (including phenoxy) is 1. The standard InChI is InChI=1S/C12H10ClN3O3/c1-7-5-8(14)6-15-12(7)19-11-9(13)3-2-4-10(11)16(17)18/h2-6H,14H2,1H3. The van der Waals surface area contributed by atoms with Gasteiger partial charge in [0.25, 0.3) is 0 Å². The van der Waals surface area contributed by atoms with Crippen molar-refractivity contribution in [1.82, 2.24) is 4.98 Å². The van der Waals surface area contributed by atoms with Gasteiger partial charge in [0.05, 0.1) is 21.8 Å². The van der Waals surface area contributed by atoms with Crippen LogP contribution in [0.25, 0.3) is 0 Å². The molecule has 1 aromatic heterocycles. The van der Waals surface area contributed by atoms with Gasteiger partial charge >= 0.3 is 5.69 Å². The predicted octanol–water partition coefficient (Wildman–Crippen LogP) is 3.33. The molecule has 1 aromatic carbocycles. The van der Waals surface area contributed by atoms with Gasteiger partial charge in [-0.05, 0) is 19.1 Å². The molecule has 0 amide bonds. The Hall–Kier alpha value is -2.34. The maximum Gasteiger partial charge on any atom is 0.313 e. The summed E-state index contributed by atoms with van der Waals surface area (Å²) in [5.74, 6) is 0.194. The Kier molecular flexibility index (Phi) is 3.52. The summed E-state index contributed by atoms with van der Waals surface area (Å²) in [5, 5.41) is 11.1. The van der Waals surface area contributed by atoms with E-state index in [1.165, 1.54) is 24.4 Å². The predicted molar refractivity (Wildman–Crippen MR) is 71.6 cm³/mol. The van der Waals surface area contributed by atoms with Gasteiger partial charge in [0.1, 0.15) is 0 Å². The summed E-state index contributed by atoms with van der Waals surface area (Å²) in [6, 6.07) is 5.96. The number of anilines is 1. The minimum atomic E-state index is -0.562. The van der Waals surface area contributed by atoms with Crippen LogP contribution in [0.1, 0.15) is 5.56 Å². The van der Waals surface area contributed by atoms with E-state index in [0.717, 1.165) is 0 Å². The molecule has 0 unspecified atom stereocenters. The fourth-order valence-corrected chi connectivity index (χ4v) is 1.74. The molecule has 0 atom stereocenters. The number of hydrogen-bond acceptors (Lipinski definition) is 5. The molecule has 2 rings (SSSR count). The Morgan fingerprint density at radius 2 is 2.21 bits per heavy atom. The highest BCUT2D eigenvalue weighted by molar-refractivity contribution is 6.32.